The molecule has 0 spiro atoms. The smallest absolute Gasteiger partial charge is 0.335 e. The molecule has 0 radical (unpaired) electrons. The molecule has 1 saturated carbocycles. The Morgan fingerprint density at radius 3 is 2.72 bits per heavy atom. The molecule has 0 bridgehead atoms. The molecular formula is C18H21N3O4. The van der Waals surface area contributed by atoms with E-state index in [0.717, 1.165) is 25.7 Å². The van der Waals surface area contributed by atoms with Crippen LogP contribution in [-0.2, 0) is 23.2 Å². The summed E-state index contributed by atoms with van der Waals surface area (Å²) in [5.74, 6) is -0.0835. The van der Waals surface area contributed by atoms with Crippen molar-refractivity contribution in [3.63, 3.8) is 0 Å². The minimum atomic E-state index is -1.01. The number of hydrogen-bond donors (Lipinski definition) is 2. The Morgan fingerprint density at radius 2 is 2.08 bits per heavy atom. The maximum absolute atomic E-state index is 12.6. The van der Waals surface area contributed by atoms with Gasteiger partial charge in [-0.05, 0) is 30.5 Å². The molecule has 1 fully saturated rings. The highest BCUT2D eigenvalue weighted by Crippen LogP contribution is 2.37. The van der Waals surface area contributed by atoms with E-state index in [0.29, 0.717) is 23.7 Å². The Hall–Kier alpha value is -2.70. The molecule has 1 heterocycles. The first kappa shape index (κ1) is 17.1. The van der Waals surface area contributed by atoms with Crippen LogP contribution in [0.5, 0.6) is 0 Å². The Morgan fingerprint density at radius 1 is 1.32 bits per heavy atom. The van der Waals surface area contributed by atoms with Crippen molar-refractivity contribution in [3.8, 4) is 0 Å². The summed E-state index contributed by atoms with van der Waals surface area (Å²) in [4.78, 5) is 28.0. The summed E-state index contributed by atoms with van der Waals surface area (Å²) in [6.45, 7) is 1.94. The van der Waals surface area contributed by atoms with Gasteiger partial charge < -0.3 is 14.9 Å². The zero-order valence-electron chi connectivity index (χ0n) is 14.1. The molecule has 2 N–H and O–H groups in total. The van der Waals surface area contributed by atoms with E-state index in [1.54, 1.807) is 12.1 Å². The number of rotatable bonds is 6. The molecule has 3 rings (SSSR count). The number of aromatic nitrogens is 2. The average Bonchev–Trinajstić information content (AvgIpc) is 3.24. The molecule has 25 heavy (non-hydrogen) atoms. The van der Waals surface area contributed by atoms with Crippen LogP contribution in [-0.4, -0.2) is 27.1 Å². The van der Waals surface area contributed by atoms with Crippen LogP contribution in [0.4, 0.5) is 0 Å². The van der Waals surface area contributed by atoms with E-state index in [9.17, 15) is 9.59 Å². The van der Waals surface area contributed by atoms with E-state index >= 15 is 0 Å². The van der Waals surface area contributed by atoms with E-state index in [4.69, 9.17) is 9.63 Å². The van der Waals surface area contributed by atoms with Crippen molar-refractivity contribution >= 4 is 11.9 Å². The summed E-state index contributed by atoms with van der Waals surface area (Å²) in [6, 6.07) is 6.42. The second-order valence-electron chi connectivity index (χ2n) is 6.38. The van der Waals surface area contributed by atoms with E-state index in [1.165, 1.54) is 12.1 Å². The third-order valence-corrected chi connectivity index (χ3v) is 4.57. The first-order chi connectivity index (χ1) is 12.0. The topological polar surface area (TPSA) is 105 Å². The highest BCUT2D eigenvalue weighted by molar-refractivity contribution is 5.88. The normalized spacial score (nSPS) is 15.9. The van der Waals surface area contributed by atoms with E-state index in [2.05, 4.69) is 15.5 Å². The van der Waals surface area contributed by atoms with Crippen LogP contribution in [0.25, 0.3) is 0 Å². The third kappa shape index (κ3) is 3.70. The van der Waals surface area contributed by atoms with Crippen molar-refractivity contribution < 1.29 is 19.2 Å². The summed E-state index contributed by atoms with van der Waals surface area (Å²) < 4.78 is 5.22. The van der Waals surface area contributed by atoms with Gasteiger partial charge in [-0.15, -0.1) is 0 Å². The van der Waals surface area contributed by atoms with Gasteiger partial charge in [0.2, 0.25) is 11.8 Å². The minimum absolute atomic E-state index is 0.112. The fourth-order valence-electron chi connectivity index (χ4n) is 3.29. The van der Waals surface area contributed by atoms with E-state index < -0.39 is 11.5 Å². The fourth-order valence-corrected chi connectivity index (χ4v) is 3.29. The predicted octanol–water partition coefficient (Wildman–Crippen LogP) is 2.46. The molecule has 1 aromatic carbocycles. The summed E-state index contributed by atoms with van der Waals surface area (Å²) in [5.41, 5.74) is 0.248. The number of aromatic carboxylic acids is 1. The number of benzene rings is 1. The molecule has 0 saturated heterocycles. The molecule has 1 amide bonds. The van der Waals surface area contributed by atoms with Gasteiger partial charge in [0.05, 0.1) is 12.0 Å². The molecule has 1 aliphatic rings. The van der Waals surface area contributed by atoms with Crippen LogP contribution in [0.15, 0.2) is 28.8 Å². The quantitative estimate of drug-likeness (QED) is 0.834. The third-order valence-electron chi connectivity index (χ3n) is 4.57. The lowest BCUT2D eigenvalue weighted by atomic mass is 9.95. The number of carboxylic acids is 1. The first-order valence-corrected chi connectivity index (χ1v) is 8.49. The van der Waals surface area contributed by atoms with Gasteiger partial charge in [0.1, 0.15) is 5.54 Å². The summed E-state index contributed by atoms with van der Waals surface area (Å²) >= 11 is 0. The van der Waals surface area contributed by atoms with Crippen LogP contribution < -0.4 is 5.32 Å². The van der Waals surface area contributed by atoms with Crippen molar-refractivity contribution in [3.05, 3.63) is 47.1 Å². The molecular weight excluding hydrogens is 322 g/mol. The molecule has 0 aliphatic heterocycles. The van der Waals surface area contributed by atoms with Gasteiger partial charge >= 0.3 is 5.97 Å². The predicted molar refractivity (Wildman–Crippen MR) is 89.1 cm³/mol. The number of amides is 1. The van der Waals surface area contributed by atoms with Gasteiger partial charge in [-0.3, -0.25) is 4.79 Å². The number of nitrogens with one attached hydrogen (secondary N) is 1. The molecule has 0 unspecified atom stereocenters. The fraction of sp³-hybridized carbons (Fsp3) is 0.444. The largest absolute Gasteiger partial charge is 0.478 e. The van der Waals surface area contributed by atoms with Gasteiger partial charge in [-0.2, -0.15) is 4.98 Å². The summed E-state index contributed by atoms with van der Waals surface area (Å²) in [6.07, 6.45) is 4.29. The zero-order valence-corrected chi connectivity index (χ0v) is 14.1. The number of hydrogen-bond acceptors (Lipinski definition) is 5. The lowest BCUT2D eigenvalue weighted by Crippen LogP contribution is -2.45. The monoisotopic (exact) mass is 343 g/mol. The SMILES string of the molecule is CCc1nc(C2(NC(=O)Cc3cccc(C(=O)O)c3)CCCC2)no1. The van der Waals surface area contributed by atoms with Gasteiger partial charge in [-0.1, -0.05) is 37.1 Å². The van der Waals surface area contributed by atoms with Gasteiger partial charge in [0, 0.05) is 6.42 Å². The van der Waals surface area contributed by atoms with Crippen molar-refractivity contribution in [2.75, 3.05) is 0 Å². The maximum atomic E-state index is 12.6. The van der Waals surface area contributed by atoms with E-state index in [-0.39, 0.29) is 17.9 Å². The first-order valence-electron chi connectivity index (χ1n) is 8.49. The van der Waals surface area contributed by atoms with Crippen LogP contribution in [0.3, 0.4) is 0 Å². The van der Waals surface area contributed by atoms with Crippen molar-refractivity contribution in [2.45, 2.75) is 51.0 Å². The zero-order chi connectivity index (χ0) is 17.9. The van der Waals surface area contributed by atoms with Crippen LogP contribution in [0.1, 0.15) is 60.2 Å². The average molecular weight is 343 g/mol. The summed E-state index contributed by atoms with van der Waals surface area (Å²) in [7, 11) is 0. The Balaban J connectivity index is 1.75. The molecule has 2 aromatic rings. The van der Waals surface area contributed by atoms with Gasteiger partial charge in [-0.25, -0.2) is 4.79 Å². The highest BCUT2D eigenvalue weighted by atomic mass is 16.5. The lowest BCUT2D eigenvalue weighted by molar-refractivity contribution is -0.122. The number of carboxylic acid groups (broad SMARTS) is 1. The number of carbonyl (C=O) groups excluding carboxylic acids is 1. The second kappa shape index (κ2) is 7.04. The number of carbonyl (C=O) groups is 2. The minimum Gasteiger partial charge on any atom is -0.478 e. The molecule has 7 heteroatoms. The lowest BCUT2D eigenvalue weighted by Gasteiger charge is -2.26. The maximum Gasteiger partial charge on any atom is 0.335 e. The number of aryl methyl sites for hydroxylation is 1. The van der Waals surface area contributed by atoms with Gasteiger partial charge in [0.25, 0.3) is 0 Å². The van der Waals surface area contributed by atoms with Crippen LogP contribution >= 0.6 is 0 Å². The van der Waals surface area contributed by atoms with Crippen molar-refractivity contribution in [1.29, 1.82) is 0 Å². The molecule has 1 aromatic heterocycles. The van der Waals surface area contributed by atoms with Gasteiger partial charge in [0.15, 0.2) is 5.82 Å². The second-order valence-corrected chi connectivity index (χ2v) is 6.38. The molecule has 132 valence electrons. The number of nitrogens with zero attached hydrogens (tertiary/aromatic N) is 2. The van der Waals surface area contributed by atoms with Crippen LogP contribution in [0, 0.1) is 0 Å². The Kier molecular flexibility index (Phi) is 4.83. The van der Waals surface area contributed by atoms with Crippen molar-refractivity contribution in [1.82, 2.24) is 15.5 Å². The highest BCUT2D eigenvalue weighted by Gasteiger charge is 2.41. The standard InChI is InChI=1S/C18H21N3O4/c1-2-15-19-17(21-25-15)18(8-3-4-9-18)20-14(22)11-12-6-5-7-13(10-12)16(23)24/h5-7,10H,2-4,8-9,11H2,1H3,(H,20,22)(H,23,24). The molecule has 0 atom stereocenters. The Labute approximate surface area is 145 Å². The molecule has 7 nitrogen and oxygen atoms in total. The van der Waals surface area contributed by atoms with E-state index in [1.807, 2.05) is 6.92 Å². The van der Waals surface area contributed by atoms with Crippen molar-refractivity contribution in [2.24, 2.45) is 0 Å². The van der Waals surface area contributed by atoms with Crippen LogP contribution in [0.2, 0.25) is 0 Å². The molecule has 1 aliphatic carbocycles. The Bertz CT molecular complexity index is 778. The summed E-state index contributed by atoms with van der Waals surface area (Å²) in [5, 5.41) is 16.2.